The number of likely N-dealkylation sites (N-methyl/N-ethyl adjacent to an activating group) is 1. The number of methoxy groups -OCH3 is 2. The summed E-state index contributed by atoms with van der Waals surface area (Å²) in [5.41, 5.74) is 1.64. The van der Waals surface area contributed by atoms with E-state index in [1.165, 1.54) is 18.2 Å². The van der Waals surface area contributed by atoms with Gasteiger partial charge in [0.1, 0.15) is 17.3 Å². The highest BCUT2D eigenvalue weighted by Gasteiger charge is 2.07. The van der Waals surface area contributed by atoms with Gasteiger partial charge in [0.15, 0.2) is 0 Å². The van der Waals surface area contributed by atoms with Crippen molar-refractivity contribution >= 4 is 12.0 Å². The van der Waals surface area contributed by atoms with Gasteiger partial charge in [0.2, 0.25) is 5.91 Å². The summed E-state index contributed by atoms with van der Waals surface area (Å²) >= 11 is 0. The third kappa shape index (κ3) is 4.59. The molecule has 0 aliphatic heterocycles. The lowest BCUT2D eigenvalue weighted by Crippen LogP contribution is -2.24. The lowest BCUT2D eigenvalue weighted by molar-refractivity contribution is -0.125. The second-order valence-corrected chi connectivity index (χ2v) is 5.26. The number of carbonyl (C=O) groups excluding carboxylic acids is 1. The van der Waals surface area contributed by atoms with Crippen molar-refractivity contribution in [3.8, 4) is 11.5 Å². The lowest BCUT2D eigenvalue weighted by Gasteiger charge is -2.15. The summed E-state index contributed by atoms with van der Waals surface area (Å²) in [4.78, 5) is 13.8. The molecule has 0 saturated carbocycles. The van der Waals surface area contributed by atoms with Gasteiger partial charge in [-0.3, -0.25) is 4.79 Å². The van der Waals surface area contributed by atoms with Crippen LogP contribution in [-0.2, 0) is 11.3 Å². The summed E-state index contributed by atoms with van der Waals surface area (Å²) in [6.07, 6.45) is 3.18. The summed E-state index contributed by atoms with van der Waals surface area (Å²) in [7, 11) is 4.84. The highest BCUT2D eigenvalue weighted by Crippen LogP contribution is 2.25. The SMILES string of the molecule is COc1ccc(C=CC(=O)N(C)Cc2ccc(F)cc2)c(OC)c1. The molecular weight excluding hydrogens is 309 g/mol. The average Bonchev–Trinajstić information content (AvgIpc) is 2.61. The van der Waals surface area contributed by atoms with Crippen LogP contribution < -0.4 is 9.47 Å². The van der Waals surface area contributed by atoms with Crippen LogP contribution in [0, 0.1) is 5.82 Å². The van der Waals surface area contributed by atoms with Gasteiger partial charge in [-0.15, -0.1) is 0 Å². The van der Waals surface area contributed by atoms with E-state index in [4.69, 9.17) is 9.47 Å². The number of ether oxygens (including phenoxy) is 2. The van der Waals surface area contributed by atoms with Gasteiger partial charge in [0.25, 0.3) is 0 Å². The third-order valence-corrected chi connectivity index (χ3v) is 3.56. The first-order valence-electron chi connectivity index (χ1n) is 7.43. The minimum atomic E-state index is -0.292. The maximum Gasteiger partial charge on any atom is 0.246 e. The van der Waals surface area contributed by atoms with Crippen molar-refractivity contribution in [3.05, 3.63) is 65.5 Å². The molecular formula is C19H20FNO3. The molecule has 1 amide bonds. The quantitative estimate of drug-likeness (QED) is 0.761. The maximum atomic E-state index is 12.9. The van der Waals surface area contributed by atoms with Crippen LogP contribution in [0.5, 0.6) is 11.5 Å². The van der Waals surface area contributed by atoms with Gasteiger partial charge in [0.05, 0.1) is 14.2 Å². The largest absolute Gasteiger partial charge is 0.497 e. The predicted molar refractivity (Wildman–Crippen MR) is 91.5 cm³/mol. The molecule has 126 valence electrons. The van der Waals surface area contributed by atoms with Crippen molar-refractivity contribution in [2.75, 3.05) is 21.3 Å². The number of carbonyl (C=O) groups is 1. The van der Waals surface area contributed by atoms with Crippen LogP contribution in [-0.4, -0.2) is 32.1 Å². The van der Waals surface area contributed by atoms with Crippen LogP contribution in [0.25, 0.3) is 6.08 Å². The Morgan fingerprint density at radius 1 is 1.12 bits per heavy atom. The van der Waals surface area contributed by atoms with Gasteiger partial charge in [0, 0.05) is 31.3 Å². The molecule has 0 aliphatic carbocycles. The fourth-order valence-corrected chi connectivity index (χ4v) is 2.19. The van der Waals surface area contributed by atoms with Crippen LogP contribution in [0.3, 0.4) is 0 Å². The fourth-order valence-electron chi connectivity index (χ4n) is 2.19. The number of halogens is 1. The molecule has 0 N–H and O–H groups in total. The number of amides is 1. The van der Waals surface area contributed by atoms with Crippen LogP contribution >= 0.6 is 0 Å². The molecule has 0 aliphatic rings. The zero-order valence-electron chi connectivity index (χ0n) is 14.0. The second kappa shape index (κ2) is 8.15. The van der Waals surface area contributed by atoms with Crippen molar-refractivity contribution in [3.63, 3.8) is 0 Å². The molecule has 24 heavy (non-hydrogen) atoms. The molecule has 5 heteroatoms. The van der Waals surface area contributed by atoms with Crippen LogP contribution in [0.2, 0.25) is 0 Å². The maximum absolute atomic E-state index is 12.9. The van der Waals surface area contributed by atoms with Gasteiger partial charge < -0.3 is 14.4 Å². The van der Waals surface area contributed by atoms with E-state index in [1.54, 1.807) is 56.5 Å². The van der Waals surface area contributed by atoms with Crippen molar-refractivity contribution in [1.29, 1.82) is 0 Å². The smallest absolute Gasteiger partial charge is 0.246 e. The molecule has 0 fully saturated rings. The minimum absolute atomic E-state index is 0.155. The van der Waals surface area contributed by atoms with Crippen molar-refractivity contribution < 1.29 is 18.7 Å². The van der Waals surface area contributed by atoms with E-state index in [1.807, 2.05) is 6.07 Å². The van der Waals surface area contributed by atoms with Gasteiger partial charge in [-0.2, -0.15) is 0 Å². The molecule has 0 spiro atoms. The van der Waals surface area contributed by atoms with E-state index in [0.717, 1.165) is 11.1 Å². The monoisotopic (exact) mass is 329 g/mol. The van der Waals surface area contributed by atoms with Crippen molar-refractivity contribution in [2.24, 2.45) is 0 Å². The topological polar surface area (TPSA) is 38.8 Å². The van der Waals surface area contributed by atoms with Crippen molar-refractivity contribution in [2.45, 2.75) is 6.54 Å². The van der Waals surface area contributed by atoms with Gasteiger partial charge in [-0.05, 0) is 35.9 Å². The Morgan fingerprint density at radius 3 is 2.46 bits per heavy atom. The van der Waals surface area contributed by atoms with Gasteiger partial charge >= 0.3 is 0 Å². The van der Waals surface area contributed by atoms with Crippen LogP contribution in [0.4, 0.5) is 4.39 Å². The molecule has 0 atom stereocenters. The summed E-state index contributed by atoms with van der Waals surface area (Å²) < 4.78 is 23.3. The lowest BCUT2D eigenvalue weighted by atomic mass is 10.1. The van der Waals surface area contributed by atoms with Gasteiger partial charge in [-0.25, -0.2) is 4.39 Å². The van der Waals surface area contributed by atoms with E-state index in [2.05, 4.69) is 0 Å². The molecule has 2 rings (SSSR count). The standard InChI is InChI=1S/C19H20FNO3/c1-21(13-14-4-8-16(20)9-5-14)19(22)11-7-15-6-10-17(23-2)12-18(15)24-3/h4-12H,13H2,1-3H3. The Hall–Kier alpha value is -2.82. The number of nitrogens with zero attached hydrogens (tertiary/aromatic N) is 1. The normalized spacial score (nSPS) is 10.7. The number of benzene rings is 2. The summed E-state index contributed by atoms with van der Waals surface area (Å²) in [5.74, 6) is 0.861. The zero-order valence-corrected chi connectivity index (χ0v) is 14.0. The molecule has 0 heterocycles. The summed E-state index contributed by atoms with van der Waals surface area (Å²) in [6.45, 7) is 0.406. The van der Waals surface area contributed by atoms with E-state index < -0.39 is 0 Å². The molecule has 0 radical (unpaired) electrons. The Morgan fingerprint density at radius 2 is 1.83 bits per heavy atom. The zero-order chi connectivity index (χ0) is 17.5. The third-order valence-electron chi connectivity index (χ3n) is 3.56. The number of hydrogen-bond acceptors (Lipinski definition) is 3. The minimum Gasteiger partial charge on any atom is -0.497 e. The van der Waals surface area contributed by atoms with Crippen LogP contribution in [0.15, 0.2) is 48.5 Å². The van der Waals surface area contributed by atoms with E-state index >= 15 is 0 Å². The molecule has 0 saturated heterocycles. The van der Waals surface area contributed by atoms with Crippen LogP contribution in [0.1, 0.15) is 11.1 Å². The first-order valence-corrected chi connectivity index (χ1v) is 7.43. The Bertz CT molecular complexity index is 726. The van der Waals surface area contributed by atoms with Gasteiger partial charge in [-0.1, -0.05) is 12.1 Å². The highest BCUT2D eigenvalue weighted by molar-refractivity contribution is 5.92. The van der Waals surface area contributed by atoms with E-state index in [-0.39, 0.29) is 11.7 Å². The predicted octanol–water partition coefficient (Wildman–Crippen LogP) is 3.51. The summed E-state index contributed by atoms with van der Waals surface area (Å²) in [5, 5.41) is 0. The first-order chi connectivity index (χ1) is 11.5. The Labute approximate surface area is 141 Å². The average molecular weight is 329 g/mol. The van der Waals surface area contributed by atoms with E-state index in [0.29, 0.717) is 18.0 Å². The molecule has 2 aromatic rings. The second-order valence-electron chi connectivity index (χ2n) is 5.26. The fraction of sp³-hybridized carbons (Fsp3) is 0.211. The molecule has 2 aromatic carbocycles. The summed E-state index contributed by atoms with van der Waals surface area (Å²) in [6, 6.07) is 11.5. The Balaban J connectivity index is 2.05. The highest BCUT2D eigenvalue weighted by atomic mass is 19.1. The van der Waals surface area contributed by atoms with Crippen molar-refractivity contribution in [1.82, 2.24) is 4.90 Å². The molecule has 0 unspecified atom stereocenters. The first kappa shape index (κ1) is 17.5. The molecule has 0 bridgehead atoms. The molecule has 4 nitrogen and oxygen atoms in total. The molecule has 0 aromatic heterocycles. The number of hydrogen-bond donors (Lipinski definition) is 0. The Kier molecular flexibility index (Phi) is 5.95. The number of rotatable bonds is 6. The van der Waals surface area contributed by atoms with E-state index in [9.17, 15) is 9.18 Å².